The molecule has 2 aromatic carbocycles. The van der Waals surface area contributed by atoms with Gasteiger partial charge in [0.2, 0.25) is 0 Å². The Balaban J connectivity index is 1.84. The first-order valence-corrected chi connectivity index (χ1v) is 8.91. The van der Waals surface area contributed by atoms with Crippen LogP contribution in [0.3, 0.4) is 0 Å². The topological polar surface area (TPSA) is 98.3 Å². The molecule has 0 amide bonds. The van der Waals surface area contributed by atoms with Crippen molar-refractivity contribution in [1.29, 1.82) is 0 Å². The molecule has 3 atom stereocenters. The molecule has 0 saturated heterocycles. The first kappa shape index (κ1) is 17.5. The van der Waals surface area contributed by atoms with Gasteiger partial charge in [-0.25, -0.2) is 0 Å². The van der Waals surface area contributed by atoms with Gasteiger partial charge in [-0.15, -0.1) is 0 Å². The summed E-state index contributed by atoms with van der Waals surface area (Å²) in [6, 6.07) is 7.96. The van der Waals surface area contributed by atoms with Crippen LogP contribution in [0.2, 0.25) is 5.02 Å². The van der Waals surface area contributed by atoms with Gasteiger partial charge in [-0.3, -0.25) is 20.2 Å². The van der Waals surface area contributed by atoms with Crippen LogP contribution in [0.1, 0.15) is 35.1 Å². The predicted octanol–water partition coefficient (Wildman–Crippen LogP) is 5.29. The SMILES string of the molecule is Cc1c([N+](=O)[O-])ccc2c1NC(c1ccc(Cl)c([N+](=O)[O-])c1)C1CC=CC21. The van der Waals surface area contributed by atoms with E-state index in [0.29, 0.717) is 5.56 Å². The minimum Gasteiger partial charge on any atom is -0.377 e. The first-order valence-electron chi connectivity index (χ1n) is 8.53. The van der Waals surface area contributed by atoms with E-state index >= 15 is 0 Å². The quantitative estimate of drug-likeness (QED) is 0.439. The molecule has 0 saturated carbocycles. The molecule has 27 heavy (non-hydrogen) atoms. The summed E-state index contributed by atoms with van der Waals surface area (Å²) in [5.74, 6) is 0.291. The highest BCUT2D eigenvalue weighted by atomic mass is 35.5. The number of hydrogen-bond donors (Lipinski definition) is 1. The standard InChI is InChI=1S/C19H16ClN3O4/c1-10-16(22(24)25)8-6-14-12-3-2-4-13(12)19(21-18(10)14)11-5-7-15(20)17(9-11)23(26)27/h2-3,5-9,12-13,19,21H,4H2,1H3. The molecule has 3 unspecified atom stereocenters. The number of hydrogen-bond acceptors (Lipinski definition) is 5. The highest BCUT2D eigenvalue weighted by Crippen LogP contribution is 2.52. The number of anilines is 1. The zero-order valence-electron chi connectivity index (χ0n) is 14.4. The second-order valence-corrected chi connectivity index (χ2v) is 7.28. The summed E-state index contributed by atoms with van der Waals surface area (Å²) in [7, 11) is 0. The number of nitrogens with one attached hydrogen (secondary N) is 1. The smallest absolute Gasteiger partial charge is 0.288 e. The molecule has 1 aliphatic carbocycles. The van der Waals surface area contributed by atoms with Crippen molar-refractivity contribution in [3.8, 4) is 0 Å². The van der Waals surface area contributed by atoms with Crippen LogP contribution in [0.25, 0.3) is 0 Å². The van der Waals surface area contributed by atoms with Crippen LogP contribution < -0.4 is 5.32 Å². The Kier molecular flexibility index (Phi) is 4.11. The van der Waals surface area contributed by atoms with Gasteiger partial charge >= 0.3 is 0 Å². The average molecular weight is 386 g/mol. The van der Waals surface area contributed by atoms with E-state index in [4.69, 9.17) is 11.6 Å². The molecular weight excluding hydrogens is 370 g/mol. The zero-order valence-corrected chi connectivity index (χ0v) is 15.1. The Morgan fingerprint density at radius 1 is 1.11 bits per heavy atom. The zero-order chi connectivity index (χ0) is 19.3. The molecule has 1 N–H and O–H groups in total. The number of nitro benzene ring substituents is 2. The predicted molar refractivity (Wildman–Crippen MR) is 102 cm³/mol. The molecule has 1 heterocycles. The molecule has 7 nitrogen and oxygen atoms in total. The van der Waals surface area contributed by atoms with E-state index in [-0.39, 0.29) is 34.3 Å². The second-order valence-electron chi connectivity index (χ2n) is 6.87. The molecule has 0 fully saturated rings. The molecular formula is C19H16ClN3O4. The minimum atomic E-state index is -0.497. The highest BCUT2D eigenvalue weighted by Gasteiger charge is 2.40. The molecule has 8 heteroatoms. The van der Waals surface area contributed by atoms with Crippen LogP contribution in [0, 0.1) is 33.1 Å². The molecule has 0 bridgehead atoms. The van der Waals surface area contributed by atoms with E-state index in [0.717, 1.165) is 23.2 Å². The fraction of sp³-hybridized carbons (Fsp3) is 0.263. The van der Waals surface area contributed by atoms with Crippen molar-refractivity contribution in [2.45, 2.75) is 25.3 Å². The summed E-state index contributed by atoms with van der Waals surface area (Å²) in [4.78, 5) is 21.7. The van der Waals surface area contributed by atoms with Gasteiger partial charge in [0.15, 0.2) is 0 Å². The Bertz CT molecular complexity index is 1000. The number of benzene rings is 2. The summed E-state index contributed by atoms with van der Waals surface area (Å²) >= 11 is 5.95. The Morgan fingerprint density at radius 3 is 2.56 bits per heavy atom. The molecule has 2 aliphatic rings. The molecule has 0 aromatic heterocycles. The third-order valence-electron chi connectivity index (χ3n) is 5.49. The van der Waals surface area contributed by atoms with Gasteiger partial charge in [-0.2, -0.15) is 0 Å². The third-order valence-corrected chi connectivity index (χ3v) is 5.81. The number of allylic oxidation sites excluding steroid dienone is 2. The fourth-order valence-corrected chi connectivity index (χ4v) is 4.38. The Labute approximate surface area is 160 Å². The summed E-state index contributed by atoms with van der Waals surface area (Å²) in [5, 5.41) is 26.1. The van der Waals surface area contributed by atoms with Crippen molar-refractivity contribution < 1.29 is 9.85 Å². The lowest BCUT2D eigenvalue weighted by Gasteiger charge is -2.38. The minimum absolute atomic E-state index is 0.0579. The van der Waals surface area contributed by atoms with Crippen LogP contribution in [-0.4, -0.2) is 9.85 Å². The highest BCUT2D eigenvalue weighted by molar-refractivity contribution is 6.32. The number of halogens is 1. The van der Waals surface area contributed by atoms with Gasteiger partial charge in [0, 0.05) is 23.7 Å². The van der Waals surface area contributed by atoms with E-state index < -0.39 is 9.85 Å². The largest absolute Gasteiger partial charge is 0.377 e. The number of nitrogens with zero attached hydrogens (tertiary/aromatic N) is 2. The van der Waals surface area contributed by atoms with Gasteiger partial charge in [-0.1, -0.05) is 29.8 Å². The number of nitro groups is 2. The molecule has 1 aliphatic heterocycles. The van der Waals surface area contributed by atoms with Crippen LogP contribution >= 0.6 is 11.6 Å². The Morgan fingerprint density at radius 2 is 1.85 bits per heavy atom. The summed E-state index contributed by atoms with van der Waals surface area (Å²) in [5.41, 5.74) is 3.00. The van der Waals surface area contributed by atoms with E-state index in [1.54, 1.807) is 25.1 Å². The molecule has 138 valence electrons. The van der Waals surface area contributed by atoms with Crippen molar-refractivity contribution in [2.24, 2.45) is 5.92 Å². The van der Waals surface area contributed by atoms with Crippen molar-refractivity contribution >= 4 is 28.7 Å². The lowest BCUT2D eigenvalue weighted by atomic mass is 9.76. The lowest BCUT2D eigenvalue weighted by molar-refractivity contribution is -0.385. The Hall–Kier alpha value is -2.93. The third kappa shape index (κ3) is 2.75. The number of rotatable bonds is 3. The summed E-state index contributed by atoms with van der Waals surface area (Å²) in [6.45, 7) is 1.73. The van der Waals surface area contributed by atoms with Crippen LogP contribution in [0.4, 0.5) is 17.1 Å². The second kappa shape index (κ2) is 6.35. The van der Waals surface area contributed by atoms with E-state index in [1.165, 1.54) is 12.1 Å². The van der Waals surface area contributed by atoms with Crippen LogP contribution in [0.15, 0.2) is 42.5 Å². The van der Waals surface area contributed by atoms with Crippen molar-refractivity contribution in [2.75, 3.05) is 5.32 Å². The maximum absolute atomic E-state index is 11.3. The average Bonchev–Trinajstić information content (AvgIpc) is 3.11. The van der Waals surface area contributed by atoms with Crippen LogP contribution in [-0.2, 0) is 0 Å². The van der Waals surface area contributed by atoms with Gasteiger partial charge in [0.25, 0.3) is 11.4 Å². The lowest BCUT2D eigenvalue weighted by Crippen LogP contribution is -2.29. The maximum atomic E-state index is 11.3. The molecule has 4 rings (SSSR count). The number of fused-ring (bicyclic) bond motifs is 3. The molecule has 0 spiro atoms. The summed E-state index contributed by atoms with van der Waals surface area (Å²) in [6.07, 6.45) is 5.04. The maximum Gasteiger partial charge on any atom is 0.288 e. The van der Waals surface area contributed by atoms with Crippen molar-refractivity contribution in [3.63, 3.8) is 0 Å². The van der Waals surface area contributed by atoms with Gasteiger partial charge in [0.1, 0.15) is 5.02 Å². The van der Waals surface area contributed by atoms with Crippen molar-refractivity contribution in [1.82, 2.24) is 0 Å². The van der Waals surface area contributed by atoms with E-state index in [2.05, 4.69) is 17.5 Å². The van der Waals surface area contributed by atoms with Gasteiger partial charge < -0.3 is 5.32 Å². The van der Waals surface area contributed by atoms with Gasteiger partial charge in [-0.05, 0) is 42.5 Å². The summed E-state index contributed by atoms with van der Waals surface area (Å²) < 4.78 is 0. The van der Waals surface area contributed by atoms with E-state index in [9.17, 15) is 20.2 Å². The normalized spacial score (nSPS) is 22.7. The fourth-order valence-electron chi connectivity index (χ4n) is 4.19. The van der Waals surface area contributed by atoms with Gasteiger partial charge in [0.05, 0.1) is 21.5 Å². The monoisotopic (exact) mass is 385 g/mol. The first-order chi connectivity index (χ1) is 12.9. The molecule has 2 aromatic rings. The van der Waals surface area contributed by atoms with E-state index in [1.807, 2.05) is 0 Å². The van der Waals surface area contributed by atoms with Crippen LogP contribution in [0.5, 0.6) is 0 Å². The molecule has 0 radical (unpaired) electrons. The van der Waals surface area contributed by atoms with Crippen molar-refractivity contribution in [3.05, 3.63) is 84.4 Å².